The van der Waals surface area contributed by atoms with Gasteiger partial charge < -0.3 is 14.4 Å². The average molecular weight is 399 g/mol. The lowest BCUT2D eigenvalue weighted by Crippen LogP contribution is -2.48. The Morgan fingerprint density at radius 3 is 2.28 bits per heavy atom. The Morgan fingerprint density at radius 1 is 1.07 bits per heavy atom. The SMILES string of the molecule is COc1cc(C(=O)N2CCN(Cc3ccccc3C)CC2)c([N+](=O)[O-])cc1OC. The fourth-order valence-electron chi connectivity index (χ4n) is 3.50. The fraction of sp³-hybridized carbons (Fsp3) is 0.381. The summed E-state index contributed by atoms with van der Waals surface area (Å²) in [6, 6.07) is 10.9. The van der Waals surface area contributed by atoms with Gasteiger partial charge in [-0.05, 0) is 18.1 Å². The largest absolute Gasteiger partial charge is 0.493 e. The third-order valence-corrected chi connectivity index (χ3v) is 5.24. The zero-order valence-electron chi connectivity index (χ0n) is 16.9. The standard InChI is InChI=1S/C21H25N3O5/c1-15-6-4-5-7-16(15)14-22-8-10-23(11-9-22)21(25)17-12-19(28-2)20(29-3)13-18(17)24(26)27/h4-7,12-13H,8-11,14H2,1-3H3. The van der Waals surface area contributed by atoms with Crippen LogP contribution in [0.15, 0.2) is 36.4 Å². The lowest BCUT2D eigenvalue weighted by Gasteiger charge is -2.35. The van der Waals surface area contributed by atoms with Crippen molar-refractivity contribution in [1.29, 1.82) is 0 Å². The lowest BCUT2D eigenvalue weighted by molar-refractivity contribution is -0.385. The zero-order chi connectivity index (χ0) is 21.0. The number of nitro benzene ring substituents is 1. The molecule has 1 saturated heterocycles. The normalized spacial score (nSPS) is 14.5. The molecule has 0 atom stereocenters. The van der Waals surface area contributed by atoms with Crippen molar-refractivity contribution in [2.45, 2.75) is 13.5 Å². The van der Waals surface area contributed by atoms with Crippen LogP contribution < -0.4 is 9.47 Å². The minimum Gasteiger partial charge on any atom is -0.493 e. The van der Waals surface area contributed by atoms with E-state index in [1.54, 1.807) is 4.90 Å². The van der Waals surface area contributed by atoms with Crippen molar-refractivity contribution in [2.24, 2.45) is 0 Å². The van der Waals surface area contributed by atoms with Crippen LogP contribution >= 0.6 is 0 Å². The second kappa shape index (κ2) is 8.91. The van der Waals surface area contributed by atoms with Gasteiger partial charge in [0.1, 0.15) is 5.56 Å². The monoisotopic (exact) mass is 399 g/mol. The predicted octanol–water partition coefficient (Wildman–Crippen LogP) is 2.88. The molecule has 3 rings (SSSR count). The minimum atomic E-state index is -0.566. The molecule has 0 aliphatic carbocycles. The maximum Gasteiger partial charge on any atom is 0.286 e. The quantitative estimate of drug-likeness (QED) is 0.549. The molecule has 8 heteroatoms. The van der Waals surface area contributed by atoms with Gasteiger partial charge in [0.25, 0.3) is 11.6 Å². The molecule has 1 amide bonds. The van der Waals surface area contributed by atoms with E-state index >= 15 is 0 Å². The third kappa shape index (κ3) is 4.48. The maximum absolute atomic E-state index is 13.0. The average Bonchev–Trinajstić information content (AvgIpc) is 2.74. The summed E-state index contributed by atoms with van der Waals surface area (Å²) in [5.74, 6) is 0.145. The lowest BCUT2D eigenvalue weighted by atomic mass is 10.1. The molecule has 0 N–H and O–H groups in total. The molecule has 0 bridgehead atoms. The van der Waals surface area contributed by atoms with Crippen LogP contribution in [0.2, 0.25) is 0 Å². The summed E-state index contributed by atoms with van der Waals surface area (Å²) in [5, 5.41) is 11.5. The fourth-order valence-corrected chi connectivity index (χ4v) is 3.50. The molecule has 1 fully saturated rings. The Hall–Kier alpha value is -3.13. The van der Waals surface area contributed by atoms with Gasteiger partial charge in [0.15, 0.2) is 11.5 Å². The molecule has 1 aliphatic rings. The molecule has 8 nitrogen and oxygen atoms in total. The van der Waals surface area contributed by atoms with Crippen LogP contribution in [0.25, 0.3) is 0 Å². The summed E-state index contributed by atoms with van der Waals surface area (Å²) in [4.78, 5) is 27.9. The number of ether oxygens (including phenoxy) is 2. The number of carbonyl (C=O) groups is 1. The number of nitro groups is 1. The van der Waals surface area contributed by atoms with E-state index < -0.39 is 4.92 Å². The highest BCUT2D eigenvalue weighted by Gasteiger charge is 2.30. The van der Waals surface area contributed by atoms with E-state index in [9.17, 15) is 14.9 Å². The highest BCUT2D eigenvalue weighted by atomic mass is 16.6. The Balaban J connectivity index is 1.73. The van der Waals surface area contributed by atoms with E-state index in [1.807, 2.05) is 12.1 Å². The van der Waals surface area contributed by atoms with Crippen molar-refractivity contribution >= 4 is 11.6 Å². The Labute approximate surface area is 169 Å². The zero-order valence-corrected chi connectivity index (χ0v) is 16.9. The van der Waals surface area contributed by atoms with E-state index in [2.05, 4.69) is 24.0 Å². The Bertz CT molecular complexity index is 907. The smallest absolute Gasteiger partial charge is 0.286 e. The summed E-state index contributed by atoms with van der Waals surface area (Å²) in [6.07, 6.45) is 0. The van der Waals surface area contributed by atoms with E-state index in [4.69, 9.17) is 9.47 Å². The predicted molar refractivity (Wildman–Crippen MR) is 109 cm³/mol. The number of nitrogens with zero attached hydrogens (tertiary/aromatic N) is 3. The molecule has 2 aromatic carbocycles. The molecule has 0 spiro atoms. The highest BCUT2D eigenvalue weighted by Crippen LogP contribution is 2.35. The second-order valence-electron chi connectivity index (χ2n) is 6.98. The number of piperazine rings is 1. The molecular weight excluding hydrogens is 374 g/mol. The van der Waals surface area contributed by atoms with Crippen molar-refractivity contribution in [2.75, 3.05) is 40.4 Å². The van der Waals surface area contributed by atoms with Crippen molar-refractivity contribution < 1.29 is 19.2 Å². The Kier molecular flexibility index (Phi) is 6.33. The van der Waals surface area contributed by atoms with Gasteiger partial charge >= 0.3 is 0 Å². The van der Waals surface area contributed by atoms with E-state index in [1.165, 1.54) is 37.5 Å². The highest BCUT2D eigenvalue weighted by molar-refractivity contribution is 5.99. The van der Waals surface area contributed by atoms with Crippen LogP contribution in [0.5, 0.6) is 11.5 Å². The molecular formula is C21H25N3O5. The van der Waals surface area contributed by atoms with Gasteiger partial charge in [0.2, 0.25) is 0 Å². The van der Waals surface area contributed by atoms with Crippen molar-refractivity contribution in [3.8, 4) is 11.5 Å². The van der Waals surface area contributed by atoms with E-state index in [0.29, 0.717) is 31.9 Å². The number of methoxy groups -OCH3 is 2. The molecule has 1 heterocycles. The minimum absolute atomic E-state index is 0.0139. The van der Waals surface area contributed by atoms with Gasteiger partial charge in [-0.3, -0.25) is 19.8 Å². The summed E-state index contributed by atoms with van der Waals surface area (Å²) in [7, 11) is 2.83. The van der Waals surface area contributed by atoms with Crippen LogP contribution in [0, 0.1) is 17.0 Å². The number of carbonyl (C=O) groups excluding carboxylic acids is 1. The van der Waals surface area contributed by atoms with Gasteiger partial charge in [0, 0.05) is 38.8 Å². The van der Waals surface area contributed by atoms with Gasteiger partial charge in [-0.1, -0.05) is 24.3 Å². The van der Waals surface area contributed by atoms with Gasteiger partial charge in [-0.15, -0.1) is 0 Å². The van der Waals surface area contributed by atoms with Crippen molar-refractivity contribution in [3.63, 3.8) is 0 Å². The van der Waals surface area contributed by atoms with Crippen LogP contribution in [0.1, 0.15) is 21.5 Å². The van der Waals surface area contributed by atoms with Crippen molar-refractivity contribution in [1.82, 2.24) is 9.80 Å². The van der Waals surface area contributed by atoms with Gasteiger partial charge in [0.05, 0.1) is 25.2 Å². The summed E-state index contributed by atoms with van der Waals surface area (Å²) in [5.41, 5.74) is 2.24. The molecule has 1 aliphatic heterocycles. The van der Waals surface area contributed by atoms with Crippen LogP contribution in [-0.2, 0) is 6.54 Å². The first-order valence-electron chi connectivity index (χ1n) is 9.41. The topological polar surface area (TPSA) is 85.2 Å². The number of hydrogen-bond acceptors (Lipinski definition) is 6. The van der Waals surface area contributed by atoms with Gasteiger partial charge in [-0.2, -0.15) is 0 Å². The third-order valence-electron chi connectivity index (χ3n) is 5.24. The van der Waals surface area contributed by atoms with Crippen LogP contribution in [0.3, 0.4) is 0 Å². The van der Waals surface area contributed by atoms with Crippen LogP contribution in [0.4, 0.5) is 5.69 Å². The number of benzene rings is 2. The first kappa shape index (κ1) is 20.6. The summed E-state index contributed by atoms with van der Waals surface area (Å²) >= 11 is 0. The van der Waals surface area contributed by atoms with E-state index in [0.717, 1.165) is 6.54 Å². The molecule has 0 unspecified atom stereocenters. The van der Waals surface area contributed by atoms with E-state index in [-0.39, 0.29) is 22.9 Å². The number of amides is 1. The van der Waals surface area contributed by atoms with Crippen molar-refractivity contribution in [3.05, 3.63) is 63.2 Å². The molecule has 154 valence electrons. The number of aryl methyl sites for hydroxylation is 1. The first-order chi connectivity index (χ1) is 13.9. The number of rotatable bonds is 6. The van der Waals surface area contributed by atoms with Gasteiger partial charge in [-0.25, -0.2) is 0 Å². The summed E-state index contributed by atoms with van der Waals surface area (Å²) < 4.78 is 10.3. The maximum atomic E-state index is 13.0. The molecule has 0 radical (unpaired) electrons. The molecule has 29 heavy (non-hydrogen) atoms. The number of hydrogen-bond donors (Lipinski definition) is 0. The first-order valence-corrected chi connectivity index (χ1v) is 9.41. The molecule has 0 saturated carbocycles. The summed E-state index contributed by atoms with van der Waals surface area (Å²) in [6.45, 7) is 5.35. The van der Waals surface area contributed by atoms with Crippen LogP contribution in [-0.4, -0.2) is 61.0 Å². The molecule has 2 aromatic rings. The second-order valence-corrected chi connectivity index (χ2v) is 6.98. The Morgan fingerprint density at radius 2 is 1.69 bits per heavy atom. The molecule has 0 aromatic heterocycles.